The lowest BCUT2D eigenvalue weighted by atomic mass is 10.00. The molecule has 0 unspecified atom stereocenters. The van der Waals surface area contributed by atoms with Crippen LogP contribution in [0.5, 0.6) is 0 Å². The van der Waals surface area contributed by atoms with E-state index in [2.05, 4.69) is 34.0 Å². The first-order valence-corrected chi connectivity index (χ1v) is 7.06. The Morgan fingerprint density at radius 2 is 1.94 bits per heavy atom. The predicted molar refractivity (Wildman–Crippen MR) is 74.6 cm³/mol. The number of rotatable bonds is 5. The Labute approximate surface area is 110 Å². The van der Waals surface area contributed by atoms with Gasteiger partial charge in [0.25, 0.3) is 0 Å². The van der Waals surface area contributed by atoms with E-state index in [-0.39, 0.29) is 0 Å². The highest BCUT2D eigenvalue weighted by Crippen LogP contribution is 2.19. The monoisotopic (exact) mass is 248 g/mol. The summed E-state index contributed by atoms with van der Waals surface area (Å²) >= 11 is 0. The second-order valence-electron chi connectivity index (χ2n) is 5.24. The lowest BCUT2D eigenvalue weighted by Crippen LogP contribution is -2.34. The maximum Gasteiger partial charge on any atom is 0.225 e. The van der Waals surface area contributed by atoms with Gasteiger partial charge < -0.3 is 10.2 Å². The second-order valence-corrected chi connectivity index (χ2v) is 5.24. The third kappa shape index (κ3) is 3.67. The highest BCUT2D eigenvalue weighted by molar-refractivity contribution is 5.30. The van der Waals surface area contributed by atoms with Crippen molar-refractivity contribution < 1.29 is 0 Å². The number of hydrogen-bond donors (Lipinski definition) is 1. The Hall–Kier alpha value is -1.16. The maximum absolute atomic E-state index is 4.48. The number of nitrogens with zero attached hydrogens (tertiary/aromatic N) is 3. The predicted octanol–water partition coefficient (Wildman–Crippen LogP) is 2.21. The van der Waals surface area contributed by atoms with Crippen LogP contribution in [0.15, 0.2) is 12.4 Å². The number of aromatic nitrogens is 2. The van der Waals surface area contributed by atoms with Crippen LogP contribution in [0.1, 0.15) is 38.7 Å². The molecule has 1 fully saturated rings. The number of anilines is 1. The summed E-state index contributed by atoms with van der Waals surface area (Å²) in [7, 11) is 0. The normalized spacial score (nSPS) is 17.1. The molecule has 0 bridgehead atoms. The molecule has 2 heterocycles. The summed E-state index contributed by atoms with van der Waals surface area (Å²) in [6.45, 7) is 8.59. The molecular formula is C14H24N4. The summed E-state index contributed by atoms with van der Waals surface area (Å²) in [6.07, 6.45) is 7.56. The van der Waals surface area contributed by atoms with E-state index in [0.29, 0.717) is 0 Å². The molecule has 1 aromatic rings. The van der Waals surface area contributed by atoms with Gasteiger partial charge in [0.15, 0.2) is 0 Å². The molecule has 1 N–H and O–H groups in total. The fourth-order valence-electron chi connectivity index (χ4n) is 2.22. The van der Waals surface area contributed by atoms with Gasteiger partial charge in [0.1, 0.15) is 0 Å². The molecule has 2 rings (SSSR count). The van der Waals surface area contributed by atoms with E-state index in [1.807, 2.05) is 12.4 Å². The van der Waals surface area contributed by atoms with Crippen molar-refractivity contribution in [2.24, 2.45) is 5.92 Å². The van der Waals surface area contributed by atoms with Gasteiger partial charge in [-0.25, -0.2) is 9.97 Å². The quantitative estimate of drug-likeness (QED) is 0.811. The molecular weight excluding hydrogens is 224 g/mol. The molecule has 1 aliphatic heterocycles. The third-order valence-electron chi connectivity index (χ3n) is 3.51. The minimum Gasteiger partial charge on any atom is -0.341 e. The summed E-state index contributed by atoms with van der Waals surface area (Å²) in [5.74, 6) is 1.74. The molecule has 0 atom stereocenters. The molecule has 1 aliphatic rings. The van der Waals surface area contributed by atoms with Crippen LogP contribution in [0.4, 0.5) is 5.95 Å². The van der Waals surface area contributed by atoms with Crippen LogP contribution < -0.4 is 10.2 Å². The number of hydrogen-bond acceptors (Lipinski definition) is 4. The van der Waals surface area contributed by atoms with Gasteiger partial charge in [0, 0.05) is 37.6 Å². The van der Waals surface area contributed by atoms with E-state index in [9.17, 15) is 0 Å². The lowest BCUT2D eigenvalue weighted by Gasteiger charge is -2.30. The first kappa shape index (κ1) is 13.3. The van der Waals surface area contributed by atoms with Crippen molar-refractivity contribution in [3.05, 3.63) is 18.0 Å². The summed E-state index contributed by atoms with van der Waals surface area (Å²) < 4.78 is 0. The van der Waals surface area contributed by atoms with Gasteiger partial charge >= 0.3 is 0 Å². The van der Waals surface area contributed by atoms with Crippen molar-refractivity contribution in [3.63, 3.8) is 0 Å². The summed E-state index contributed by atoms with van der Waals surface area (Å²) in [4.78, 5) is 11.3. The summed E-state index contributed by atoms with van der Waals surface area (Å²) in [6, 6.07) is 0. The fraction of sp³-hybridized carbons (Fsp3) is 0.714. The van der Waals surface area contributed by atoms with E-state index in [1.165, 1.54) is 12.8 Å². The van der Waals surface area contributed by atoms with Gasteiger partial charge in [-0.05, 0) is 31.7 Å². The van der Waals surface area contributed by atoms with Crippen molar-refractivity contribution in [1.29, 1.82) is 0 Å². The van der Waals surface area contributed by atoms with Gasteiger partial charge in [-0.2, -0.15) is 0 Å². The van der Waals surface area contributed by atoms with Crippen LogP contribution in [0, 0.1) is 5.92 Å². The zero-order chi connectivity index (χ0) is 12.8. The highest BCUT2D eigenvalue weighted by Gasteiger charge is 2.17. The molecule has 0 radical (unpaired) electrons. The molecule has 4 heteroatoms. The summed E-state index contributed by atoms with van der Waals surface area (Å²) in [5.41, 5.74) is 1.16. The first-order valence-electron chi connectivity index (χ1n) is 7.06. The van der Waals surface area contributed by atoms with Crippen LogP contribution in [-0.4, -0.2) is 29.6 Å². The fourth-order valence-corrected chi connectivity index (χ4v) is 2.22. The van der Waals surface area contributed by atoms with Crippen LogP contribution in [0.2, 0.25) is 0 Å². The number of piperidine rings is 1. The third-order valence-corrected chi connectivity index (χ3v) is 3.51. The van der Waals surface area contributed by atoms with E-state index in [4.69, 9.17) is 0 Å². The minimum atomic E-state index is 0.846. The zero-order valence-corrected chi connectivity index (χ0v) is 11.5. The highest BCUT2D eigenvalue weighted by atomic mass is 15.2. The standard InChI is InChI=1S/C14H24N4/c1-3-6-15-9-13-10-16-14(17-11-13)18-7-4-12(2)5-8-18/h10-12,15H,3-9H2,1-2H3. The van der Waals surface area contributed by atoms with E-state index >= 15 is 0 Å². The average Bonchev–Trinajstić information content (AvgIpc) is 2.41. The van der Waals surface area contributed by atoms with E-state index in [0.717, 1.165) is 50.0 Å². The Kier molecular flexibility index (Phi) is 4.93. The average molecular weight is 248 g/mol. The van der Waals surface area contributed by atoms with Crippen LogP contribution >= 0.6 is 0 Å². The molecule has 1 aromatic heterocycles. The van der Waals surface area contributed by atoms with Crippen LogP contribution in [0.25, 0.3) is 0 Å². The van der Waals surface area contributed by atoms with Crippen LogP contribution in [0.3, 0.4) is 0 Å². The first-order chi connectivity index (χ1) is 8.79. The number of nitrogens with one attached hydrogen (secondary N) is 1. The Morgan fingerprint density at radius 1 is 1.28 bits per heavy atom. The molecule has 4 nitrogen and oxygen atoms in total. The van der Waals surface area contributed by atoms with Crippen molar-refractivity contribution in [3.8, 4) is 0 Å². The molecule has 0 aromatic carbocycles. The summed E-state index contributed by atoms with van der Waals surface area (Å²) in [5, 5.41) is 3.36. The van der Waals surface area contributed by atoms with Gasteiger partial charge in [0.05, 0.1) is 0 Å². The maximum atomic E-state index is 4.48. The Morgan fingerprint density at radius 3 is 2.56 bits per heavy atom. The Balaban J connectivity index is 1.87. The smallest absolute Gasteiger partial charge is 0.225 e. The topological polar surface area (TPSA) is 41.1 Å². The molecule has 18 heavy (non-hydrogen) atoms. The van der Waals surface area contributed by atoms with E-state index < -0.39 is 0 Å². The van der Waals surface area contributed by atoms with Gasteiger partial charge in [-0.1, -0.05) is 13.8 Å². The molecule has 0 aliphatic carbocycles. The van der Waals surface area contributed by atoms with Gasteiger partial charge in [0.2, 0.25) is 5.95 Å². The molecule has 1 saturated heterocycles. The van der Waals surface area contributed by atoms with Crippen LogP contribution in [-0.2, 0) is 6.54 Å². The minimum absolute atomic E-state index is 0.846. The Bertz CT molecular complexity index is 341. The molecule has 100 valence electrons. The van der Waals surface area contributed by atoms with Gasteiger partial charge in [-0.15, -0.1) is 0 Å². The van der Waals surface area contributed by atoms with Gasteiger partial charge in [-0.3, -0.25) is 0 Å². The second kappa shape index (κ2) is 6.69. The molecule has 0 spiro atoms. The van der Waals surface area contributed by atoms with E-state index in [1.54, 1.807) is 0 Å². The largest absolute Gasteiger partial charge is 0.341 e. The van der Waals surface area contributed by atoms with Crippen molar-refractivity contribution in [2.75, 3.05) is 24.5 Å². The van der Waals surface area contributed by atoms with Crippen molar-refractivity contribution >= 4 is 5.95 Å². The SMILES string of the molecule is CCCNCc1cnc(N2CCC(C)CC2)nc1. The zero-order valence-electron chi connectivity index (χ0n) is 11.5. The van der Waals surface area contributed by atoms with Crippen molar-refractivity contribution in [2.45, 2.75) is 39.7 Å². The van der Waals surface area contributed by atoms with Crippen molar-refractivity contribution in [1.82, 2.24) is 15.3 Å². The lowest BCUT2D eigenvalue weighted by molar-refractivity contribution is 0.434. The molecule has 0 saturated carbocycles. The molecule has 0 amide bonds.